The second kappa shape index (κ2) is 8.99. The number of ketones is 2. The van der Waals surface area contributed by atoms with E-state index < -0.39 is 0 Å². The van der Waals surface area contributed by atoms with Crippen LogP contribution in [0.2, 0.25) is 0 Å². The van der Waals surface area contributed by atoms with Crippen molar-refractivity contribution in [3.8, 4) is 0 Å². The van der Waals surface area contributed by atoms with Gasteiger partial charge in [-0.1, -0.05) is 74.5 Å². The first-order chi connectivity index (χ1) is 16.6. The summed E-state index contributed by atoms with van der Waals surface area (Å²) >= 11 is 0. The number of carbonyl (C=O) groups excluding carboxylic acids is 2. The molecule has 0 atom stereocenters. The van der Waals surface area contributed by atoms with Crippen molar-refractivity contribution >= 4 is 34.3 Å². The average molecular weight is 447 g/mol. The van der Waals surface area contributed by atoms with E-state index in [0.29, 0.717) is 33.6 Å². The summed E-state index contributed by atoms with van der Waals surface area (Å²) in [5, 5.41) is 6.89. The summed E-state index contributed by atoms with van der Waals surface area (Å²) in [5.41, 5.74) is 7.14. The Labute approximate surface area is 199 Å². The molecule has 0 amide bonds. The summed E-state index contributed by atoms with van der Waals surface area (Å²) < 4.78 is 0. The van der Waals surface area contributed by atoms with Gasteiger partial charge in [-0.05, 0) is 48.2 Å². The lowest BCUT2D eigenvalue weighted by Gasteiger charge is -2.25. The number of hydrogen-bond acceptors (Lipinski definition) is 4. The molecule has 4 aromatic rings. The van der Waals surface area contributed by atoms with Crippen molar-refractivity contribution in [3.63, 3.8) is 0 Å². The van der Waals surface area contributed by atoms with Gasteiger partial charge in [-0.3, -0.25) is 9.59 Å². The molecular weight excluding hydrogens is 420 g/mol. The summed E-state index contributed by atoms with van der Waals surface area (Å²) in [6.07, 6.45) is 1.71. The lowest BCUT2D eigenvalue weighted by atomic mass is 9.82. The van der Waals surface area contributed by atoms with Crippen LogP contribution in [0.25, 0.3) is 0 Å². The smallest absolute Gasteiger partial charge is 0.196 e. The van der Waals surface area contributed by atoms with Crippen LogP contribution >= 0.6 is 0 Å². The number of para-hydroxylation sites is 2. The maximum atomic E-state index is 13.7. The molecule has 0 unspecified atom stereocenters. The van der Waals surface area contributed by atoms with Crippen molar-refractivity contribution in [1.29, 1.82) is 0 Å². The van der Waals surface area contributed by atoms with Crippen LogP contribution in [-0.4, -0.2) is 11.6 Å². The SMILES string of the molecule is CCc1ccccc1Nc1ccc(Nc2ccccc2CC)c2c1C(=O)c1ccccc1C2=O. The minimum absolute atomic E-state index is 0.144. The Bertz CT molecular complexity index is 1310. The van der Waals surface area contributed by atoms with E-state index in [1.807, 2.05) is 48.5 Å². The third-order valence-electron chi connectivity index (χ3n) is 6.41. The predicted molar refractivity (Wildman–Crippen MR) is 138 cm³/mol. The van der Waals surface area contributed by atoms with E-state index in [-0.39, 0.29) is 11.6 Å². The zero-order valence-electron chi connectivity index (χ0n) is 19.3. The molecule has 4 aromatic carbocycles. The molecule has 2 N–H and O–H groups in total. The highest BCUT2D eigenvalue weighted by atomic mass is 16.1. The van der Waals surface area contributed by atoms with E-state index in [9.17, 15) is 9.59 Å². The van der Waals surface area contributed by atoms with E-state index in [4.69, 9.17) is 0 Å². The van der Waals surface area contributed by atoms with Crippen LogP contribution in [-0.2, 0) is 12.8 Å². The normalized spacial score (nSPS) is 12.2. The Morgan fingerprint density at radius 1 is 0.500 bits per heavy atom. The fourth-order valence-electron chi connectivity index (χ4n) is 4.62. The summed E-state index contributed by atoms with van der Waals surface area (Å²) in [5.74, 6) is -0.289. The molecule has 0 saturated heterocycles. The summed E-state index contributed by atoms with van der Waals surface area (Å²) in [6, 6.07) is 26.9. The molecule has 4 nitrogen and oxygen atoms in total. The van der Waals surface area contributed by atoms with Crippen LogP contribution in [0.3, 0.4) is 0 Å². The first kappa shape index (κ1) is 21.7. The quantitative estimate of drug-likeness (QED) is 0.293. The zero-order chi connectivity index (χ0) is 23.7. The molecule has 0 radical (unpaired) electrons. The van der Waals surface area contributed by atoms with Gasteiger partial charge in [0.1, 0.15) is 0 Å². The molecule has 0 aliphatic heterocycles. The molecule has 1 aliphatic rings. The topological polar surface area (TPSA) is 58.2 Å². The number of rotatable bonds is 6. The number of aryl methyl sites for hydroxylation is 2. The average Bonchev–Trinajstić information content (AvgIpc) is 2.88. The standard InChI is InChI=1S/C30H26N2O2/c1-3-19-11-5-9-15-23(19)31-25-17-18-26(32-24-16-10-6-12-20(24)4-2)28-27(25)29(33)21-13-7-8-14-22(21)30(28)34/h5-18,31-32H,3-4H2,1-2H3. The summed E-state index contributed by atoms with van der Waals surface area (Å²) in [7, 11) is 0. The van der Waals surface area contributed by atoms with E-state index in [1.165, 1.54) is 0 Å². The monoisotopic (exact) mass is 446 g/mol. The molecule has 0 spiro atoms. The zero-order valence-corrected chi connectivity index (χ0v) is 19.3. The molecule has 0 heterocycles. The third-order valence-corrected chi connectivity index (χ3v) is 6.41. The second-order valence-electron chi connectivity index (χ2n) is 8.39. The largest absolute Gasteiger partial charge is 0.355 e. The van der Waals surface area contributed by atoms with Gasteiger partial charge in [0.15, 0.2) is 11.6 Å². The van der Waals surface area contributed by atoms with Crippen molar-refractivity contribution < 1.29 is 9.59 Å². The fraction of sp³-hybridized carbons (Fsp3) is 0.133. The van der Waals surface area contributed by atoms with Crippen LogP contribution in [0, 0.1) is 0 Å². The van der Waals surface area contributed by atoms with Gasteiger partial charge in [0, 0.05) is 22.5 Å². The number of fused-ring (bicyclic) bond motifs is 2. The molecular formula is C30H26N2O2. The maximum absolute atomic E-state index is 13.7. The Morgan fingerprint density at radius 2 is 0.882 bits per heavy atom. The van der Waals surface area contributed by atoms with Gasteiger partial charge in [0.05, 0.1) is 22.5 Å². The van der Waals surface area contributed by atoms with E-state index in [1.54, 1.807) is 24.3 Å². The number of nitrogens with one attached hydrogen (secondary N) is 2. The lowest BCUT2D eigenvalue weighted by molar-refractivity contribution is 0.0980. The highest BCUT2D eigenvalue weighted by Gasteiger charge is 2.34. The van der Waals surface area contributed by atoms with Crippen LogP contribution < -0.4 is 10.6 Å². The molecule has 0 bridgehead atoms. The Morgan fingerprint density at radius 3 is 1.29 bits per heavy atom. The number of benzene rings is 4. The van der Waals surface area contributed by atoms with Crippen LogP contribution in [0.1, 0.15) is 56.8 Å². The summed E-state index contributed by atoms with van der Waals surface area (Å²) in [6.45, 7) is 4.19. The van der Waals surface area contributed by atoms with Crippen molar-refractivity contribution in [1.82, 2.24) is 0 Å². The van der Waals surface area contributed by atoms with Crippen molar-refractivity contribution in [2.75, 3.05) is 10.6 Å². The Kier molecular flexibility index (Phi) is 5.72. The molecule has 0 saturated carbocycles. The number of carbonyl (C=O) groups is 2. The van der Waals surface area contributed by atoms with Gasteiger partial charge >= 0.3 is 0 Å². The van der Waals surface area contributed by atoms with Crippen LogP contribution in [0.4, 0.5) is 22.7 Å². The highest BCUT2D eigenvalue weighted by Crippen LogP contribution is 2.39. The van der Waals surface area contributed by atoms with Crippen molar-refractivity contribution in [2.45, 2.75) is 26.7 Å². The first-order valence-electron chi connectivity index (χ1n) is 11.7. The van der Waals surface area contributed by atoms with Crippen LogP contribution in [0.15, 0.2) is 84.9 Å². The first-order valence-corrected chi connectivity index (χ1v) is 11.7. The molecule has 34 heavy (non-hydrogen) atoms. The number of hydrogen-bond donors (Lipinski definition) is 2. The highest BCUT2D eigenvalue weighted by molar-refractivity contribution is 6.32. The van der Waals surface area contributed by atoms with Gasteiger partial charge in [-0.25, -0.2) is 0 Å². The molecule has 0 aromatic heterocycles. The third kappa shape index (κ3) is 3.67. The van der Waals surface area contributed by atoms with E-state index >= 15 is 0 Å². The van der Waals surface area contributed by atoms with Gasteiger partial charge in [-0.15, -0.1) is 0 Å². The van der Waals surface area contributed by atoms with E-state index in [2.05, 4.69) is 36.6 Å². The van der Waals surface area contributed by atoms with Gasteiger partial charge in [0.2, 0.25) is 0 Å². The van der Waals surface area contributed by atoms with Gasteiger partial charge in [0.25, 0.3) is 0 Å². The van der Waals surface area contributed by atoms with Gasteiger partial charge < -0.3 is 10.6 Å². The molecule has 1 aliphatic carbocycles. The summed E-state index contributed by atoms with van der Waals surface area (Å²) in [4.78, 5) is 27.5. The minimum atomic E-state index is -0.144. The Hall–Kier alpha value is -4.18. The van der Waals surface area contributed by atoms with E-state index in [0.717, 1.165) is 35.3 Å². The second-order valence-corrected chi connectivity index (χ2v) is 8.39. The fourth-order valence-corrected chi connectivity index (χ4v) is 4.62. The maximum Gasteiger partial charge on any atom is 0.196 e. The van der Waals surface area contributed by atoms with Crippen molar-refractivity contribution in [3.05, 3.63) is 118 Å². The lowest BCUT2D eigenvalue weighted by Crippen LogP contribution is -2.23. The minimum Gasteiger partial charge on any atom is -0.355 e. The van der Waals surface area contributed by atoms with Gasteiger partial charge in [-0.2, -0.15) is 0 Å². The molecule has 168 valence electrons. The molecule has 4 heteroatoms. The van der Waals surface area contributed by atoms with Crippen molar-refractivity contribution in [2.24, 2.45) is 0 Å². The Balaban J connectivity index is 1.69. The molecule has 0 fully saturated rings. The number of anilines is 4. The predicted octanol–water partition coefficient (Wildman–Crippen LogP) is 7.07. The molecule has 5 rings (SSSR count). The van der Waals surface area contributed by atoms with Crippen LogP contribution in [0.5, 0.6) is 0 Å².